The monoisotopic (exact) mass is 286 g/mol. The summed E-state index contributed by atoms with van der Waals surface area (Å²) in [4.78, 5) is 11.8. The average molecular weight is 286 g/mol. The van der Waals surface area contributed by atoms with Crippen molar-refractivity contribution in [3.8, 4) is 0 Å². The molecule has 102 valence electrons. The zero-order chi connectivity index (χ0) is 14.4. The van der Waals surface area contributed by atoms with E-state index in [4.69, 9.17) is 0 Å². The molecule has 0 radical (unpaired) electrons. The molecule has 2 rings (SSSR count). The van der Waals surface area contributed by atoms with Gasteiger partial charge in [0.2, 0.25) is 9.84 Å². The Morgan fingerprint density at radius 1 is 0.900 bits per heavy atom. The molecule has 0 unspecified atom stereocenters. The van der Waals surface area contributed by atoms with Gasteiger partial charge in [-0.1, -0.05) is 66.7 Å². The van der Waals surface area contributed by atoms with Crippen LogP contribution in [0.3, 0.4) is 0 Å². The van der Waals surface area contributed by atoms with Gasteiger partial charge in [0.05, 0.1) is 5.75 Å². The minimum absolute atomic E-state index is 0.272. The van der Waals surface area contributed by atoms with Crippen LogP contribution in [0, 0.1) is 0 Å². The van der Waals surface area contributed by atoms with Gasteiger partial charge in [-0.2, -0.15) is 0 Å². The standard InChI is InChI=1S/C16H14O3S/c17-16(12-11-14-7-3-1-4-8-14)20(18,19)13-15-9-5-2-6-10-15/h1-12H,13H2. The summed E-state index contributed by atoms with van der Waals surface area (Å²) in [5.74, 6) is -0.272. The second-order valence-electron chi connectivity index (χ2n) is 4.31. The summed E-state index contributed by atoms with van der Waals surface area (Å²) < 4.78 is 23.8. The molecule has 0 saturated carbocycles. The van der Waals surface area contributed by atoms with Crippen LogP contribution < -0.4 is 0 Å². The van der Waals surface area contributed by atoms with Gasteiger partial charge in [0.1, 0.15) is 0 Å². The van der Waals surface area contributed by atoms with Crippen molar-refractivity contribution in [2.75, 3.05) is 0 Å². The van der Waals surface area contributed by atoms with Gasteiger partial charge in [-0.05, 0) is 17.2 Å². The van der Waals surface area contributed by atoms with Gasteiger partial charge in [0.15, 0.2) is 0 Å². The number of carbonyl (C=O) groups excluding carboxylic acids is 1. The molecular formula is C16H14O3S. The van der Waals surface area contributed by atoms with Crippen LogP contribution in [0.2, 0.25) is 0 Å². The number of benzene rings is 2. The van der Waals surface area contributed by atoms with Gasteiger partial charge in [-0.3, -0.25) is 4.79 Å². The molecule has 3 nitrogen and oxygen atoms in total. The van der Waals surface area contributed by atoms with Gasteiger partial charge in [-0.15, -0.1) is 0 Å². The molecule has 0 aromatic heterocycles. The lowest BCUT2D eigenvalue weighted by Crippen LogP contribution is -2.14. The molecule has 0 saturated heterocycles. The molecule has 2 aromatic carbocycles. The van der Waals surface area contributed by atoms with E-state index in [2.05, 4.69) is 0 Å². The first-order valence-electron chi connectivity index (χ1n) is 6.12. The van der Waals surface area contributed by atoms with E-state index in [0.717, 1.165) is 11.6 Å². The van der Waals surface area contributed by atoms with E-state index in [-0.39, 0.29) is 5.75 Å². The Bertz CT molecular complexity index is 702. The summed E-state index contributed by atoms with van der Waals surface area (Å²) >= 11 is 0. The second kappa shape index (κ2) is 6.30. The van der Waals surface area contributed by atoms with Crippen molar-refractivity contribution in [1.29, 1.82) is 0 Å². The number of hydrogen-bond acceptors (Lipinski definition) is 3. The molecule has 0 spiro atoms. The third-order valence-electron chi connectivity index (χ3n) is 2.72. The van der Waals surface area contributed by atoms with Crippen LogP contribution >= 0.6 is 0 Å². The van der Waals surface area contributed by atoms with Crippen LogP contribution in [0.25, 0.3) is 6.08 Å². The molecule has 0 heterocycles. The summed E-state index contributed by atoms with van der Waals surface area (Å²) in [5.41, 5.74) is 1.39. The first-order chi connectivity index (χ1) is 9.58. The van der Waals surface area contributed by atoms with Crippen molar-refractivity contribution in [3.63, 3.8) is 0 Å². The van der Waals surface area contributed by atoms with Crippen LogP contribution in [-0.4, -0.2) is 13.5 Å². The summed E-state index contributed by atoms with van der Waals surface area (Å²) in [7, 11) is -3.81. The maximum Gasteiger partial charge on any atom is 0.269 e. The predicted molar refractivity (Wildman–Crippen MR) is 79.5 cm³/mol. The van der Waals surface area contributed by atoms with Crippen molar-refractivity contribution in [3.05, 3.63) is 77.9 Å². The number of carbonyl (C=O) groups is 1. The second-order valence-corrected chi connectivity index (χ2v) is 6.23. The Balaban J connectivity index is 2.10. The molecule has 2 aromatic rings. The molecule has 0 aliphatic rings. The van der Waals surface area contributed by atoms with Crippen LogP contribution in [-0.2, 0) is 20.4 Å². The third-order valence-corrected chi connectivity index (χ3v) is 4.18. The van der Waals surface area contributed by atoms with E-state index in [9.17, 15) is 13.2 Å². The van der Waals surface area contributed by atoms with Crippen molar-refractivity contribution < 1.29 is 13.2 Å². The zero-order valence-electron chi connectivity index (χ0n) is 10.8. The average Bonchev–Trinajstić information content (AvgIpc) is 2.46. The topological polar surface area (TPSA) is 51.2 Å². The van der Waals surface area contributed by atoms with E-state index >= 15 is 0 Å². The van der Waals surface area contributed by atoms with Crippen LogP contribution in [0.15, 0.2) is 66.7 Å². The fourth-order valence-corrected chi connectivity index (χ4v) is 2.75. The highest BCUT2D eigenvalue weighted by atomic mass is 32.2. The van der Waals surface area contributed by atoms with Gasteiger partial charge < -0.3 is 0 Å². The molecule has 0 aliphatic carbocycles. The lowest BCUT2D eigenvalue weighted by Gasteiger charge is -2.00. The zero-order valence-corrected chi connectivity index (χ0v) is 11.6. The van der Waals surface area contributed by atoms with Gasteiger partial charge in [-0.25, -0.2) is 8.42 Å². The lowest BCUT2D eigenvalue weighted by molar-refractivity contribution is -0.107. The SMILES string of the molecule is O=C(C=Cc1ccccc1)S(=O)(=O)Cc1ccccc1. The minimum atomic E-state index is -3.81. The molecule has 0 amide bonds. The van der Waals surface area contributed by atoms with Crippen molar-refractivity contribution in [2.45, 2.75) is 5.75 Å². The first kappa shape index (κ1) is 14.2. The first-order valence-corrected chi connectivity index (χ1v) is 7.77. The molecule has 4 heteroatoms. The Kier molecular flexibility index (Phi) is 4.48. The summed E-state index contributed by atoms with van der Waals surface area (Å²) in [6.45, 7) is 0. The van der Waals surface area contributed by atoms with Gasteiger partial charge in [0.25, 0.3) is 5.12 Å². The smallest absolute Gasteiger partial charge is 0.269 e. The van der Waals surface area contributed by atoms with E-state index in [1.807, 2.05) is 18.2 Å². The minimum Gasteiger partial charge on any atom is -0.277 e. The highest BCUT2D eigenvalue weighted by Gasteiger charge is 2.19. The van der Waals surface area contributed by atoms with Crippen LogP contribution in [0.5, 0.6) is 0 Å². The summed E-state index contributed by atoms with van der Waals surface area (Å²) in [6, 6.07) is 17.8. The quantitative estimate of drug-likeness (QED) is 0.812. The predicted octanol–water partition coefficient (Wildman–Crippen LogP) is 2.84. The largest absolute Gasteiger partial charge is 0.277 e. The summed E-state index contributed by atoms with van der Waals surface area (Å²) in [6.07, 6.45) is 2.61. The third kappa shape index (κ3) is 3.90. The van der Waals surface area contributed by atoms with E-state index in [0.29, 0.717) is 5.56 Å². The Morgan fingerprint density at radius 3 is 2.05 bits per heavy atom. The van der Waals surface area contributed by atoms with E-state index in [1.165, 1.54) is 6.08 Å². The Morgan fingerprint density at radius 2 is 1.45 bits per heavy atom. The maximum absolute atomic E-state index is 11.9. The Labute approximate surface area is 118 Å². The van der Waals surface area contributed by atoms with Crippen molar-refractivity contribution >= 4 is 21.0 Å². The molecule has 0 bridgehead atoms. The lowest BCUT2D eigenvalue weighted by atomic mass is 10.2. The normalized spacial score (nSPS) is 11.6. The molecule has 0 fully saturated rings. The maximum atomic E-state index is 11.9. The number of sulfone groups is 1. The van der Waals surface area contributed by atoms with Crippen LogP contribution in [0.4, 0.5) is 0 Å². The summed E-state index contributed by atoms with van der Waals surface area (Å²) in [5, 5.41) is -0.870. The van der Waals surface area contributed by atoms with E-state index < -0.39 is 15.0 Å². The Hall–Kier alpha value is -2.20. The van der Waals surface area contributed by atoms with E-state index in [1.54, 1.807) is 42.5 Å². The molecule has 0 N–H and O–H groups in total. The molecule has 20 heavy (non-hydrogen) atoms. The molecule has 0 aliphatic heterocycles. The van der Waals surface area contributed by atoms with Gasteiger partial charge in [0, 0.05) is 0 Å². The number of hydrogen-bond donors (Lipinski definition) is 0. The van der Waals surface area contributed by atoms with Crippen molar-refractivity contribution in [2.24, 2.45) is 0 Å². The van der Waals surface area contributed by atoms with Crippen LogP contribution in [0.1, 0.15) is 11.1 Å². The van der Waals surface area contributed by atoms with Crippen molar-refractivity contribution in [1.82, 2.24) is 0 Å². The van der Waals surface area contributed by atoms with Gasteiger partial charge >= 0.3 is 0 Å². The highest BCUT2D eigenvalue weighted by molar-refractivity contribution is 8.05. The molecule has 0 atom stereocenters. The molecular weight excluding hydrogens is 272 g/mol. The highest BCUT2D eigenvalue weighted by Crippen LogP contribution is 2.09. The fourth-order valence-electron chi connectivity index (χ4n) is 1.70. The number of rotatable bonds is 4. The fraction of sp³-hybridized carbons (Fsp3) is 0.0625.